The summed E-state index contributed by atoms with van der Waals surface area (Å²) in [4.78, 5) is 14.4. The minimum Gasteiger partial charge on any atom is -0.497 e. The van der Waals surface area contributed by atoms with E-state index in [2.05, 4.69) is 10.2 Å². The summed E-state index contributed by atoms with van der Waals surface area (Å²) < 4.78 is 15.8. The molecule has 0 aliphatic heterocycles. The van der Waals surface area contributed by atoms with Gasteiger partial charge in [-0.25, -0.2) is 0 Å². The highest BCUT2D eigenvalue weighted by molar-refractivity contribution is 5.92. The lowest BCUT2D eigenvalue weighted by molar-refractivity contribution is -0.116. The van der Waals surface area contributed by atoms with E-state index in [0.29, 0.717) is 18.0 Å². The standard InChI is InChI=1S/C22H28N2O4/c1-24(2)20(17-7-6-8-18(13-17)26-3)15-23-22(25)12-10-16-9-11-19(27-4)14-21(16)28-5/h6-14,20H,15H2,1-5H3,(H,23,25)/b12-10+. The third kappa shape index (κ3) is 5.76. The van der Waals surface area contributed by atoms with Gasteiger partial charge in [-0.2, -0.15) is 0 Å². The molecule has 0 saturated carbocycles. The summed E-state index contributed by atoms with van der Waals surface area (Å²) in [5.41, 5.74) is 1.88. The van der Waals surface area contributed by atoms with Crippen molar-refractivity contribution < 1.29 is 19.0 Å². The SMILES string of the molecule is COc1cccc(C(CNC(=O)/C=C/c2ccc(OC)cc2OC)N(C)C)c1. The normalized spacial score (nSPS) is 12.1. The van der Waals surface area contributed by atoms with Crippen LogP contribution in [0.25, 0.3) is 6.08 Å². The number of carbonyl (C=O) groups excluding carboxylic acids is 1. The number of nitrogens with zero attached hydrogens (tertiary/aromatic N) is 1. The van der Waals surface area contributed by atoms with Crippen molar-refractivity contribution in [3.63, 3.8) is 0 Å². The van der Waals surface area contributed by atoms with E-state index in [9.17, 15) is 4.79 Å². The molecule has 1 N–H and O–H groups in total. The van der Waals surface area contributed by atoms with Gasteiger partial charge in [0.2, 0.25) is 5.91 Å². The van der Waals surface area contributed by atoms with Crippen molar-refractivity contribution in [1.82, 2.24) is 10.2 Å². The summed E-state index contributed by atoms with van der Waals surface area (Å²) in [5, 5.41) is 2.96. The van der Waals surface area contributed by atoms with Gasteiger partial charge in [-0.1, -0.05) is 12.1 Å². The first-order chi connectivity index (χ1) is 13.5. The summed E-state index contributed by atoms with van der Waals surface area (Å²) in [6.45, 7) is 0.475. The number of rotatable bonds is 9. The van der Waals surface area contributed by atoms with Crippen molar-refractivity contribution in [3.8, 4) is 17.2 Å². The van der Waals surface area contributed by atoms with Crippen LogP contribution in [0.4, 0.5) is 0 Å². The van der Waals surface area contributed by atoms with Gasteiger partial charge in [0.25, 0.3) is 0 Å². The zero-order valence-electron chi connectivity index (χ0n) is 17.1. The average Bonchev–Trinajstić information content (AvgIpc) is 2.72. The summed E-state index contributed by atoms with van der Waals surface area (Å²) in [6, 6.07) is 13.3. The van der Waals surface area contributed by atoms with E-state index < -0.39 is 0 Å². The van der Waals surface area contributed by atoms with Crippen LogP contribution in [0.1, 0.15) is 17.2 Å². The number of benzene rings is 2. The Labute approximate surface area is 166 Å². The minimum absolute atomic E-state index is 0.0305. The molecule has 1 atom stereocenters. The predicted octanol–water partition coefficient (Wildman–Crippen LogP) is 3.14. The number of ether oxygens (including phenoxy) is 3. The van der Waals surface area contributed by atoms with Gasteiger partial charge < -0.3 is 24.4 Å². The molecule has 6 heteroatoms. The Kier molecular flexibility index (Phi) is 7.89. The number of methoxy groups -OCH3 is 3. The molecule has 0 heterocycles. The highest BCUT2D eigenvalue weighted by Gasteiger charge is 2.15. The molecule has 0 bridgehead atoms. The van der Waals surface area contributed by atoms with Crippen LogP contribution >= 0.6 is 0 Å². The number of nitrogens with one attached hydrogen (secondary N) is 1. The molecule has 6 nitrogen and oxygen atoms in total. The van der Waals surface area contributed by atoms with E-state index in [1.54, 1.807) is 33.5 Å². The second kappa shape index (κ2) is 10.4. The lowest BCUT2D eigenvalue weighted by Gasteiger charge is -2.25. The smallest absolute Gasteiger partial charge is 0.244 e. The van der Waals surface area contributed by atoms with Crippen molar-refractivity contribution >= 4 is 12.0 Å². The molecule has 0 saturated heterocycles. The second-order valence-corrected chi connectivity index (χ2v) is 6.44. The Morgan fingerprint density at radius 2 is 1.75 bits per heavy atom. The van der Waals surface area contributed by atoms with E-state index in [-0.39, 0.29) is 11.9 Å². The number of carbonyl (C=O) groups is 1. The Hall–Kier alpha value is -2.99. The molecule has 2 aromatic carbocycles. The first-order valence-electron chi connectivity index (χ1n) is 8.96. The van der Waals surface area contributed by atoms with Gasteiger partial charge in [-0.3, -0.25) is 4.79 Å². The molecular weight excluding hydrogens is 356 g/mol. The fraction of sp³-hybridized carbons (Fsp3) is 0.318. The third-order valence-electron chi connectivity index (χ3n) is 4.43. The summed E-state index contributed by atoms with van der Waals surface area (Å²) in [7, 11) is 8.79. The first-order valence-corrected chi connectivity index (χ1v) is 8.96. The Morgan fingerprint density at radius 1 is 1.04 bits per heavy atom. The molecular formula is C22H28N2O4. The van der Waals surface area contributed by atoms with Crippen molar-refractivity contribution in [2.24, 2.45) is 0 Å². The average molecular weight is 384 g/mol. The maximum atomic E-state index is 12.3. The van der Waals surface area contributed by atoms with Crippen LogP contribution in [0.2, 0.25) is 0 Å². The fourth-order valence-corrected chi connectivity index (χ4v) is 2.83. The number of hydrogen-bond acceptors (Lipinski definition) is 5. The zero-order chi connectivity index (χ0) is 20.5. The second-order valence-electron chi connectivity index (χ2n) is 6.44. The monoisotopic (exact) mass is 384 g/mol. The maximum absolute atomic E-state index is 12.3. The fourth-order valence-electron chi connectivity index (χ4n) is 2.83. The van der Waals surface area contributed by atoms with Crippen LogP contribution in [0.15, 0.2) is 48.5 Å². The van der Waals surface area contributed by atoms with Crippen LogP contribution < -0.4 is 19.5 Å². The molecule has 2 aromatic rings. The third-order valence-corrected chi connectivity index (χ3v) is 4.43. The van der Waals surface area contributed by atoms with Gasteiger partial charge in [-0.15, -0.1) is 0 Å². The number of amides is 1. The van der Waals surface area contributed by atoms with Gasteiger partial charge in [0.1, 0.15) is 17.2 Å². The zero-order valence-corrected chi connectivity index (χ0v) is 17.1. The minimum atomic E-state index is -0.174. The summed E-state index contributed by atoms with van der Waals surface area (Å²) in [5.74, 6) is 1.96. The van der Waals surface area contributed by atoms with Crippen molar-refractivity contribution in [1.29, 1.82) is 0 Å². The van der Waals surface area contributed by atoms with E-state index in [0.717, 1.165) is 16.9 Å². The number of likely N-dealkylation sites (N-methyl/N-ethyl adjacent to an activating group) is 1. The molecule has 0 aliphatic carbocycles. The van der Waals surface area contributed by atoms with Crippen LogP contribution in [0.5, 0.6) is 17.2 Å². The van der Waals surface area contributed by atoms with Gasteiger partial charge in [-0.05, 0) is 50.0 Å². The Balaban J connectivity index is 2.04. The highest BCUT2D eigenvalue weighted by atomic mass is 16.5. The van der Waals surface area contributed by atoms with Crippen molar-refractivity contribution in [2.75, 3.05) is 42.0 Å². The Morgan fingerprint density at radius 3 is 2.39 bits per heavy atom. The quantitative estimate of drug-likeness (QED) is 0.673. The van der Waals surface area contributed by atoms with Gasteiger partial charge in [0.05, 0.1) is 27.4 Å². The summed E-state index contributed by atoms with van der Waals surface area (Å²) in [6.07, 6.45) is 3.23. The molecule has 0 aliphatic rings. The van der Waals surface area contributed by atoms with Crippen LogP contribution in [0.3, 0.4) is 0 Å². The van der Waals surface area contributed by atoms with Crippen LogP contribution in [-0.2, 0) is 4.79 Å². The van der Waals surface area contributed by atoms with Gasteiger partial charge in [0, 0.05) is 24.3 Å². The van der Waals surface area contributed by atoms with Gasteiger partial charge in [0.15, 0.2) is 0 Å². The molecule has 0 aromatic heterocycles. The van der Waals surface area contributed by atoms with E-state index in [1.165, 1.54) is 6.08 Å². The molecule has 0 spiro atoms. The summed E-state index contributed by atoms with van der Waals surface area (Å²) >= 11 is 0. The lowest BCUT2D eigenvalue weighted by Crippen LogP contribution is -2.33. The Bertz CT molecular complexity index is 818. The molecule has 1 amide bonds. The molecule has 0 fully saturated rings. The van der Waals surface area contributed by atoms with E-state index >= 15 is 0 Å². The predicted molar refractivity (Wildman–Crippen MR) is 111 cm³/mol. The van der Waals surface area contributed by atoms with Crippen LogP contribution in [-0.4, -0.2) is 52.8 Å². The van der Waals surface area contributed by atoms with Crippen molar-refractivity contribution in [2.45, 2.75) is 6.04 Å². The van der Waals surface area contributed by atoms with E-state index in [1.807, 2.05) is 50.5 Å². The van der Waals surface area contributed by atoms with Crippen LogP contribution in [0, 0.1) is 0 Å². The lowest BCUT2D eigenvalue weighted by atomic mass is 10.1. The maximum Gasteiger partial charge on any atom is 0.244 e. The van der Waals surface area contributed by atoms with Gasteiger partial charge >= 0.3 is 0 Å². The molecule has 150 valence electrons. The molecule has 2 rings (SSSR count). The first kappa shape index (κ1) is 21.3. The topological polar surface area (TPSA) is 60.0 Å². The van der Waals surface area contributed by atoms with Crippen molar-refractivity contribution in [3.05, 3.63) is 59.7 Å². The number of hydrogen-bond donors (Lipinski definition) is 1. The highest BCUT2D eigenvalue weighted by Crippen LogP contribution is 2.25. The largest absolute Gasteiger partial charge is 0.497 e. The van der Waals surface area contributed by atoms with E-state index in [4.69, 9.17) is 14.2 Å². The molecule has 28 heavy (non-hydrogen) atoms. The molecule has 0 radical (unpaired) electrons. The molecule has 1 unspecified atom stereocenters.